The lowest BCUT2D eigenvalue weighted by Gasteiger charge is -2.20. The second-order valence-electron chi connectivity index (χ2n) is 5.75. The minimum Gasteiger partial charge on any atom is -0.344 e. The fraction of sp³-hybridized carbons (Fsp3) is 0.211. The topological polar surface area (TPSA) is 31.9 Å². The van der Waals surface area contributed by atoms with Crippen LogP contribution in [0.4, 0.5) is 0 Å². The number of nitrogens with zero attached hydrogens (tertiary/aromatic N) is 2. The molecule has 1 N–H and O–H groups in total. The summed E-state index contributed by atoms with van der Waals surface area (Å²) in [6, 6.07) is 19.4. The van der Waals surface area contributed by atoms with E-state index in [0.717, 1.165) is 22.5 Å². The smallest absolute Gasteiger partial charge is 0.0960 e. The molecule has 0 saturated carbocycles. The maximum atomic E-state index is 4.48. The van der Waals surface area contributed by atoms with Crippen molar-refractivity contribution >= 4 is 0 Å². The first-order chi connectivity index (χ1) is 10.7. The van der Waals surface area contributed by atoms with Crippen LogP contribution in [0.25, 0.3) is 22.5 Å². The van der Waals surface area contributed by atoms with Crippen molar-refractivity contribution in [1.82, 2.24) is 14.9 Å². The summed E-state index contributed by atoms with van der Waals surface area (Å²) in [4.78, 5) is 9.96. The van der Waals surface area contributed by atoms with Crippen LogP contribution < -0.4 is 0 Å². The molecule has 3 rings (SSSR count). The highest BCUT2D eigenvalue weighted by Crippen LogP contribution is 2.29. The number of rotatable bonds is 4. The molecule has 0 aliphatic carbocycles. The van der Waals surface area contributed by atoms with E-state index in [1.54, 1.807) is 6.33 Å². The van der Waals surface area contributed by atoms with Crippen LogP contribution >= 0.6 is 0 Å². The molecule has 0 aliphatic rings. The van der Waals surface area contributed by atoms with Gasteiger partial charge in [-0.15, -0.1) is 0 Å². The van der Waals surface area contributed by atoms with Crippen LogP contribution in [-0.2, 0) is 0 Å². The fourth-order valence-electron chi connectivity index (χ4n) is 2.56. The molecule has 112 valence electrons. The molecular weight excluding hydrogens is 270 g/mol. The van der Waals surface area contributed by atoms with Crippen molar-refractivity contribution < 1.29 is 0 Å². The minimum absolute atomic E-state index is 0.407. The van der Waals surface area contributed by atoms with Crippen molar-refractivity contribution in [2.45, 2.75) is 13.0 Å². The Hall–Kier alpha value is -2.39. The molecule has 1 atom stereocenters. The Morgan fingerprint density at radius 1 is 0.909 bits per heavy atom. The molecule has 0 aliphatic heterocycles. The van der Waals surface area contributed by atoms with E-state index in [-0.39, 0.29) is 0 Å². The Balaban J connectivity index is 1.95. The van der Waals surface area contributed by atoms with Gasteiger partial charge in [0, 0.05) is 17.2 Å². The van der Waals surface area contributed by atoms with Gasteiger partial charge in [-0.25, -0.2) is 4.98 Å². The molecule has 1 heterocycles. The third kappa shape index (κ3) is 2.81. The van der Waals surface area contributed by atoms with Crippen LogP contribution in [0, 0.1) is 0 Å². The maximum Gasteiger partial charge on any atom is 0.0960 e. The van der Waals surface area contributed by atoms with Crippen LogP contribution in [-0.4, -0.2) is 29.0 Å². The first kappa shape index (κ1) is 14.5. The van der Waals surface area contributed by atoms with E-state index in [0.29, 0.717) is 6.04 Å². The Morgan fingerprint density at radius 2 is 1.59 bits per heavy atom. The van der Waals surface area contributed by atoms with Crippen molar-refractivity contribution in [3.05, 3.63) is 66.5 Å². The van der Waals surface area contributed by atoms with E-state index in [1.807, 2.05) is 18.2 Å². The van der Waals surface area contributed by atoms with Crippen LogP contribution in [0.3, 0.4) is 0 Å². The number of imidazole rings is 1. The number of nitrogens with one attached hydrogen (secondary N) is 1. The van der Waals surface area contributed by atoms with E-state index in [2.05, 4.69) is 72.3 Å². The average molecular weight is 291 g/mol. The van der Waals surface area contributed by atoms with Gasteiger partial charge < -0.3 is 9.88 Å². The van der Waals surface area contributed by atoms with Crippen molar-refractivity contribution in [3.63, 3.8) is 0 Å². The first-order valence-electron chi connectivity index (χ1n) is 7.52. The van der Waals surface area contributed by atoms with Crippen molar-refractivity contribution in [3.8, 4) is 22.5 Å². The van der Waals surface area contributed by atoms with Gasteiger partial charge in [0.1, 0.15) is 0 Å². The van der Waals surface area contributed by atoms with Crippen molar-refractivity contribution in [2.24, 2.45) is 0 Å². The van der Waals surface area contributed by atoms with Gasteiger partial charge in [-0.2, -0.15) is 0 Å². The highest BCUT2D eigenvalue weighted by molar-refractivity contribution is 5.78. The van der Waals surface area contributed by atoms with Crippen LogP contribution in [0.5, 0.6) is 0 Å². The largest absolute Gasteiger partial charge is 0.344 e. The Bertz CT molecular complexity index is 727. The van der Waals surface area contributed by atoms with Gasteiger partial charge in [0.05, 0.1) is 17.7 Å². The summed E-state index contributed by atoms with van der Waals surface area (Å²) in [6.45, 7) is 2.21. The van der Waals surface area contributed by atoms with Crippen molar-refractivity contribution in [2.75, 3.05) is 14.1 Å². The molecule has 1 unspecified atom stereocenters. The van der Waals surface area contributed by atoms with Gasteiger partial charge in [-0.3, -0.25) is 0 Å². The molecule has 0 radical (unpaired) electrons. The fourth-order valence-corrected chi connectivity index (χ4v) is 2.56. The summed E-state index contributed by atoms with van der Waals surface area (Å²) in [5.74, 6) is 0. The lowest BCUT2D eigenvalue weighted by Crippen LogP contribution is -2.16. The number of hydrogen-bond acceptors (Lipinski definition) is 2. The predicted octanol–water partition coefficient (Wildman–Crippen LogP) is 4.37. The molecule has 0 saturated heterocycles. The maximum absolute atomic E-state index is 4.48. The zero-order valence-corrected chi connectivity index (χ0v) is 13.2. The lowest BCUT2D eigenvalue weighted by molar-refractivity contribution is 0.321. The van der Waals surface area contributed by atoms with Crippen molar-refractivity contribution in [1.29, 1.82) is 0 Å². The molecular formula is C19H21N3. The standard InChI is InChI=1S/C19H21N3/c1-14(22(2)3)15-9-11-17(12-10-15)19-18(20-13-21-19)16-7-5-4-6-8-16/h4-14H,1-3H3,(H,20,21). The van der Waals surface area contributed by atoms with Gasteiger partial charge >= 0.3 is 0 Å². The summed E-state index contributed by atoms with van der Waals surface area (Å²) in [6.07, 6.45) is 1.76. The zero-order valence-electron chi connectivity index (χ0n) is 13.2. The molecule has 3 aromatic rings. The SMILES string of the molecule is CC(c1ccc(-c2[nH]cnc2-c2ccccc2)cc1)N(C)C. The monoisotopic (exact) mass is 291 g/mol. The molecule has 1 aromatic heterocycles. The van der Waals surface area contributed by atoms with Gasteiger partial charge in [-0.05, 0) is 26.6 Å². The molecule has 0 bridgehead atoms. The van der Waals surface area contributed by atoms with E-state index >= 15 is 0 Å². The summed E-state index contributed by atoms with van der Waals surface area (Å²) in [7, 11) is 4.20. The van der Waals surface area contributed by atoms with Crippen LogP contribution in [0.15, 0.2) is 60.9 Å². The predicted molar refractivity (Wildman–Crippen MR) is 91.6 cm³/mol. The lowest BCUT2D eigenvalue weighted by atomic mass is 10.0. The quantitative estimate of drug-likeness (QED) is 0.774. The van der Waals surface area contributed by atoms with E-state index in [4.69, 9.17) is 0 Å². The molecule has 3 nitrogen and oxygen atoms in total. The molecule has 2 aromatic carbocycles. The zero-order chi connectivity index (χ0) is 15.5. The third-order valence-corrected chi connectivity index (χ3v) is 4.14. The summed E-state index contributed by atoms with van der Waals surface area (Å²) >= 11 is 0. The number of benzene rings is 2. The first-order valence-corrected chi connectivity index (χ1v) is 7.52. The number of aromatic nitrogens is 2. The molecule has 22 heavy (non-hydrogen) atoms. The second kappa shape index (κ2) is 6.16. The molecule has 0 fully saturated rings. The third-order valence-electron chi connectivity index (χ3n) is 4.14. The van der Waals surface area contributed by atoms with Crippen LogP contribution in [0.1, 0.15) is 18.5 Å². The Morgan fingerprint density at radius 3 is 2.23 bits per heavy atom. The van der Waals surface area contributed by atoms with Gasteiger partial charge in [0.15, 0.2) is 0 Å². The summed E-state index contributed by atoms with van der Waals surface area (Å²) in [5, 5.41) is 0. The highest BCUT2D eigenvalue weighted by atomic mass is 15.1. The Kier molecular flexibility index (Phi) is 4.07. The number of H-pyrrole nitrogens is 1. The average Bonchev–Trinajstić information content (AvgIpc) is 3.04. The molecule has 0 amide bonds. The summed E-state index contributed by atoms with van der Waals surface area (Å²) in [5.41, 5.74) is 5.66. The normalized spacial score (nSPS) is 12.5. The highest BCUT2D eigenvalue weighted by Gasteiger charge is 2.12. The van der Waals surface area contributed by atoms with Gasteiger partial charge in [0.25, 0.3) is 0 Å². The van der Waals surface area contributed by atoms with E-state index in [1.165, 1.54) is 5.56 Å². The molecule has 0 spiro atoms. The molecule has 3 heteroatoms. The number of hydrogen-bond donors (Lipinski definition) is 1. The summed E-state index contributed by atoms with van der Waals surface area (Å²) < 4.78 is 0. The minimum atomic E-state index is 0.407. The van der Waals surface area contributed by atoms with Gasteiger partial charge in [0.2, 0.25) is 0 Å². The number of aromatic amines is 1. The Labute approximate surface area is 131 Å². The van der Waals surface area contributed by atoms with E-state index in [9.17, 15) is 0 Å². The van der Waals surface area contributed by atoms with Gasteiger partial charge in [-0.1, -0.05) is 54.6 Å². The second-order valence-corrected chi connectivity index (χ2v) is 5.75. The van der Waals surface area contributed by atoms with E-state index < -0.39 is 0 Å². The van der Waals surface area contributed by atoms with Crippen LogP contribution in [0.2, 0.25) is 0 Å².